The van der Waals surface area contributed by atoms with E-state index in [0.717, 1.165) is 28.0 Å². The van der Waals surface area contributed by atoms with Gasteiger partial charge in [-0.15, -0.1) is 0 Å². The van der Waals surface area contributed by atoms with Crippen LogP contribution in [0, 0.1) is 0 Å². The third-order valence-corrected chi connectivity index (χ3v) is 4.38. The van der Waals surface area contributed by atoms with Gasteiger partial charge in [0.25, 0.3) is 0 Å². The van der Waals surface area contributed by atoms with Crippen LogP contribution in [0.15, 0.2) is 66.2 Å². The van der Waals surface area contributed by atoms with E-state index in [1.165, 1.54) is 10.8 Å². The summed E-state index contributed by atoms with van der Waals surface area (Å²) in [7, 11) is 1.64. The van der Waals surface area contributed by atoms with Crippen molar-refractivity contribution in [1.29, 1.82) is 0 Å². The average Bonchev–Trinajstić information content (AvgIpc) is 2.90. The van der Waals surface area contributed by atoms with Crippen LogP contribution in [0.2, 0.25) is 0 Å². The third kappa shape index (κ3) is 2.33. The fraction of sp³-hybridized carbons (Fsp3) is 0.0952. The first kappa shape index (κ1) is 13.8. The maximum absolute atomic E-state index is 12.6. The van der Waals surface area contributed by atoms with Crippen molar-refractivity contribution in [3.63, 3.8) is 0 Å². The zero-order valence-electron chi connectivity index (χ0n) is 12.9. The van der Waals surface area contributed by atoms with Gasteiger partial charge in [0.1, 0.15) is 5.75 Å². The number of ether oxygens (including phenoxy) is 1. The van der Waals surface area contributed by atoms with Crippen molar-refractivity contribution in [3.8, 4) is 5.75 Å². The number of methoxy groups -OCH3 is 1. The zero-order valence-corrected chi connectivity index (χ0v) is 12.9. The van der Waals surface area contributed by atoms with E-state index in [9.17, 15) is 4.79 Å². The van der Waals surface area contributed by atoms with Crippen LogP contribution < -0.4 is 4.74 Å². The minimum atomic E-state index is 0.121. The van der Waals surface area contributed by atoms with E-state index in [1.807, 2.05) is 42.5 Å². The molecule has 2 heteroatoms. The summed E-state index contributed by atoms with van der Waals surface area (Å²) in [5.74, 6) is 0.915. The average molecular weight is 300 g/mol. The van der Waals surface area contributed by atoms with Crippen LogP contribution in [0.25, 0.3) is 16.8 Å². The van der Waals surface area contributed by atoms with E-state index in [0.29, 0.717) is 6.42 Å². The maximum atomic E-state index is 12.6. The molecule has 0 bridgehead atoms. The second-order valence-corrected chi connectivity index (χ2v) is 5.77. The molecule has 0 heterocycles. The first-order chi connectivity index (χ1) is 11.3. The molecule has 3 aromatic carbocycles. The van der Waals surface area contributed by atoms with Gasteiger partial charge in [-0.25, -0.2) is 0 Å². The predicted octanol–water partition coefficient (Wildman–Crippen LogP) is 4.67. The molecule has 2 nitrogen and oxygen atoms in total. The lowest BCUT2D eigenvalue weighted by Gasteiger charge is -2.03. The standard InChI is InChI=1S/C21H16O2/c1-23-18-9-10-20-16(13-18)12-17(21(20)22)11-15-7-4-6-14-5-2-3-8-19(14)15/h2-11,13H,12H2,1H3/b17-11-. The van der Waals surface area contributed by atoms with Gasteiger partial charge in [0.2, 0.25) is 0 Å². The van der Waals surface area contributed by atoms with E-state index >= 15 is 0 Å². The number of carbonyl (C=O) groups excluding carboxylic acids is 1. The van der Waals surface area contributed by atoms with Gasteiger partial charge in [-0.1, -0.05) is 42.5 Å². The summed E-state index contributed by atoms with van der Waals surface area (Å²) in [4.78, 5) is 12.6. The lowest BCUT2D eigenvalue weighted by atomic mass is 10.0. The Morgan fingerprint density at radius 2 is 1.83 bits per heavy atom. The molecule has 0 saturated heterocycles. The van der Waals surface area contributed by atoms with Crippen LogP contribution in [0.5, 0.6) is 5.75 Å². The lowest BCUT2D eigenvalue weighted by molar-refractivity contribution is 0.104. The summed E-state index contributed by atoms with van der Waals surface area (Å²) < 4.78 is 5.26. The Labute approximate surface area is 135 Å². The summed E-state index contributed by atoms with van der Waals surface area (Å²) in [6.07, 6.45) is 2.69. The summed E-state index contributed by atoms with van der Waals surface area (Å²) in [6, 6.07) is 20.1. The van der Waals surface area contributed by atoms with Crippen molar-refractivity contribution in [3.05, 3.63) is 82.9 Å². The van der Waals surface area contributed by atoms with Crippen LogP contribution in [0.1, 0.15) is 21.5 Å². The first-order valence-corrected chi connectivity index (χ1v) is 7.66. The molecular formula is C21H16O2. The number of hydrogen-bond donors (Lipinski definition) is 0. The SMILES string of the molecule is COc1ccc2c(c1)C/C(=C/c1cccc3ccccc13)C2=O. The highest BCUT2D eigenvalue weighted by Gasteiger charge is 2.25. The quantitative estimate of drug-likeness (QED) is 0.643. The zero-order chi connectivity index (χ0) is 15.8. The van der Waals surface area contributed by atoms with Gasteiger partial charge in [0.15, 0.2) is 5.78 Å². The van der Waals surface area contributed by atoms with Crippen molar-refractivity contribution in [2.45, 2.75) is 6.42 Å². The highest BCUT2D eigenvalue weighted by Crippen LogP contribution is 2.31. The number of Topliss-reactive ketones (excluding diaryl/α,β-unsaturated/α-hetero) is 1. The van der Waals surface area contributed by atoms with E-state index in [1.54, 1.807) is 7.11 Å². The molecule has 23 heavy (non-hydrogen) atoms. The molecule has 1 aliphatic rings. The molecule has 0 saturated carbocycles. The summed E-state index contributed by atoms with van der Waals surface area (Å²) in [5.41, 5.74) is 3.76. The topological polar surface area (TPSA) is 26.3 Å². The van der Waals surface area contributed by atoms with Gasteiger partial charge in [0, 0.05) is 17.6 Å². The molecule has 0 amide bonds. The van der Waals surface area contributed by atoms with Crippen LogP contribution >= 0.6 is 0 Å². The minimum Gasteiger partial charge on any atom is -0.497 e. The number of hydrogen-bond acceptors (Lipinski definition) is 2. The largest absolute Gasteiger partial charge is 0.497 e. The van der Waals surface area contributed by atoms with Crippen LogP contribution in [0.4, 0.5) is 0 Å². The normalized spacial score (nSPS) is 15.2. The fourth-order valence-electron chi connectivity index (χ4n) is 3.20. The minimum absolute atomic E-state index is 0.121. The fourth-order valence-corrected chi connectivity index (χ4v) is 3.20. The van der Waals surface area contributed by atoms with E-state index in [-0.39, 0.29) is 5.78 Å². The molecule has 0 spiro atoms. The number of ketones is 1. The third-order valence-electron chi connectivity index (χ3n) is 4.38. The molecule has 1 aliphatic carbocycles. The smallest absolute Gasteiger partial charge is 0.189 e. The molecule has 0 aromatic heterocycles. The predicted molar refractivity (Wildman–Crippen MR) is 93.0 cm³/mol. The summed E-state index contributed by atoms with van der Waals surface area (Å²) in [6.45, 7) is 0. The number of allylic oxidation sites excluding steroid dienone is 1. The summed E-state index contributed by atoms with van der Waals surface area (Å²) in [5, 5.41) is 2.36. The van der Waals surface area contributed by atoms with Crippen molar-refractivity contribution in [1.82, 2.24) is 0 Å². The van der Waals surface area contributed by atoms with Crippen LogP contribution in [0.3, 0.4) is 0 Å². The van der Waals surface area contributed by atoms with Gasteiger partial charge in [0.05, 0.1) is 7.11 Å². The highest BCUT2D eigenvalue weighted by molar-refractivity contribution is 6.16. The molecule has 0 N–H and O–H groups in total. The van der Waals surface area contributed by atoms with Gasteiger partial charge >= 0.3 is 0 Å². The number of rotatable bonds is 2. The van der Waals surface area contributed by atoms with Crippen LogP contribution in [-0.2, 0) is 6.42 Å². The van der Waals surface area contributed by atoms with Crippen molar-refractivity contribution in [2.75, 3.05) is 7.11 Å². The molecule has 4 rings (SSSR count). The summed E-state index contributed by atoms with van der Waals surface area (Å²) >= 11 is 0. The second-order valence-electron chi connectivity index (χ2n) is 5.77. The van der Waals surface area contributed by atoms with Gasteiger partial charge in [-0.05, 0) is 46.2 Å². The molecular weight excluding hydrogens is 284 g/mol. The van der Waals surface area contributed by atoms with Gasteiger partial charge < -0.3 is 4.74 Å². The Balaban J connectivity index is 1.79. The maximum Gasteiger partial charge on any atom is 0.189 e. The molecule has 0 fully saturated rings. The highest BCUT2D eigenvalue weighted by atomic mass is 16.5. The Kier molecular flexibility index (Phi) is 3.23. The lowest BCUT2D eigenvalue weighted by Crippen LogP contribution is -1.95. The molecule has 0 aliphatic heterocycles. The van der Waals surface area contributed by atoms with E-state index < -0.39 is 0 Å². The van der Waals surface area contributed by atoms with E-state index in [4.69, 9.17) is 4.74 Å². The Hall–Kier alpha value is -2.87. The van der Waals surface area contributed by atoms with Gasteiger partial charge in [-0.2, -0.15) is 0 Å². The Bertz CT molecular complexity index is 946. The van der Waals surface area contributed by atoms with Crippen LogP contribution in [-0.4, -0.2) is 12.9 Å². The number of fused-ring (bicyclic) bond motifs is 2. The molecule has 0 atom stereocenters. The van der Waals surface area contributed by atoms with Crippen molar-refractivity contribution >= 4 is 22.6 Å². The van der Waals surface area contributed by atoms with E-state index in [2.05, 4.69) is 24.3 Å². The Morgan fingerprint density at radius 3 is 2.70 bits per heavy atom. The van der Waals surface area contributed by atoms with Crippen molar-refractivity contribution < 1.29 is 9.53 Å². The number of benzene rings is 3. The van der Waals surface area contributed by atoms with Gasteiger partial charge in [-0.3, -0.25) is 4.79 Å². The Morgan fingerprint density at radius 1 is 1.00 bits per heavy atom. The molecule has 3 aromatic rings. The monoisotopic (exact) mass is 300 g/mol. The second kappa shape index (κ2) is 5.40. The van der Waals surface area contributed by atoms with Crippen molar-refractivity contribution in [2.24, 2.45) is 0 Å². The number of carbonyl (C=O) groups is 1. The molecule has 112 valence electrons. The molecule has 0 unspecified atom stereocenters. The molecule has 0 radical (unpaired) electrons. The first-order valence-electron chi connectivity index (χ1n) is 7.66.